The summed E-state index contributed by atoms with van der Waals surface area (Å²) in [6.45, 7) is 6.17. The van der Waals surface area contributed by atoms with Crippen LogP contribution in [0.1, 0.15) is 13.3 Å². The van der Waals surface area contributed by atoms with Crippen molar-refractivity contribution in [3.63, 3.8) is 0 Å². The number of rotatable bonds is 7. The maximum Gasteiger partial charge on any atom is 0.116 e. The third-order valence-electron chi connectivity index (χ3n) is 1.47. The normalized spacial score (nSPS) is 12.1. The standard InChI is InChI=1S/C11H17FO2/c1-4-11(7-6-10(2)12)14-9-5-8-13-3/h4,6-7H,2,5,8-9H2,1,3H3/b7-6-,11-4+. The van der Waals surface area contributed by atoms with Gasteiger partial charge < -0.3 is 9.47 Å². The lowest BCUT2D eigenvalue weighted by atomic mass is 10.4. The highest BCUT2D eigenvalue weighted by molar-refractivity contribution is 5.18. The third kappa shape index (κ3) is 7.55. The molecule has 0 saturated carbocycles. The van der Waals surface area contributed by atoms with Crippen molar-refractivity contribution in [2.75, 3.05) is 20.3 Å². The maximum absolute atomic E-state index is 12.3. The fourth-order valence-corrected chi connectivity index (χ4v) is 0.794. The topological polar surface area (TPSA) is 18.5 Å². The smallest absolute Gasteiger partial charge is 0.116 e. The summed E-state index contributed by atoms with van der Waals surface area (Å²) in [5, 5.41) is 0. The Labute approximate surface area is 84.7 Å². The Balaban J connectivity index is 3.76. The summed E-state index contributed by atoms with van der Waals surface area (Å²) in [6.07, 6.45) is 5.41. The largest absolute Gasteiger partial charge is 0.494 e. The Hall–Kier alpha value is -1.09. The van der Waals surface area contributed by atoms with E-state index in [2.05, 4.69) is 6.58 Å². The van der Waals surface area contributed by atoms with Crippen molar-refractivity contribution >= 4 is 0 Å². The molecule has 0 bridgehead atoms. The van der Waals surface area contributed by atoms with Crippen LogP contribution in [-0.4, -0.2) is 20.3 Å². The summed E-state index contributed by atoms with van der Waals surface area (Å²) in [6, 6.07) is 0. The molecule has 0 fully saturated rings. The van der Waals surface area contributed by atoms with Gasteiger partial charge >= 0.3 is 0 Å². The number of hydrogen-bond donors (Lipinski definition) is 0. The van der Waals surface area contributed by atoms with E-state index < -0.39 is 5.83 Å². The van der Waals surface area contributed by atoms with Crippen molar-refractivity contribution in [1.82, 2.24) is 0 Å². The highest BCUT2D eigenvalue weighted by Gasteiger charge is 1.92. The van der Waals surface area contributed by atoms with Crippen molar-refractivity contribution in [3.8, 4) is 0 Å². The molecule has 0 aliphatic heterocycles. The van der Waals surface area contributed by atoms with Crippen LogP contribution in [-0.2, 0) is 9.47 Å². The van der Waals surface area contributed by atoms with Gasteiger partial charge in [-0.25, -0.2) is 4.39 Å². The second-order valence-electron chi connectivity index (χ2n) is 2.67. The lowest BCUT2D eigenvalue weighted by Crippen LogP contribution is -1.97. The zero-order valence-electron chi connectivity index (χ0n) is 8.75. The minimum absolute atomic E-state index is 0.482. The van der Waals surface area contributed by atoms with Crippen LogP contribution in [0.3, 0.4) is 0 Å². The van der Waals surface area contributed by atoms with Crippen LogP contribution < -0.4 is 0 Å². The van der Waals surface area contributed by atoms with Gasteiger partial charge in [0.15, 0.2) is 0 Å². The minimum atomic E-state index is -0.482. The van der Waals surface area contributed by atoms with Gasteiger partial charge in [-0.15, -0.1) is 0 Å². The zero-order chi connectivity index (χ0) is 10.8. The van der Waals surface area contributed by atoms with E-state index in [1.165, 1.54) is 6.08 Å². The Bertz CT molecular complexity index is 219. The molecule has 0 radical (unpaired) electrons. The van der Waals surface area contributed by atoms with Gasteiger partial charge in [-0.1, -0.05) is 6.58 Å². The predicted molar refractivity (Wildman–Crippen MR) is 55.6 cm³/mol. The molecule has 0 spiro atoms. The van der Waals surface area contributed by atoms with E-state index in [4.69, 9.17) is 9.47 Å². The molecule has 0 aromatic rings. The quantitative estimate of drug-likeness (QED) is 0.357. The van der Waals surface area contributed by atoms with Crippen LogP contribution in [0, 0.1) is 0 Å². The monoisotopic (exact) mass is 200 g/mol. The van der Waals surface area contributed by atoms with Gasteiger partial charge in [-0.2, -0.15) is 0 Å². The maximum atomic E-state index is 12.3. The first kappa shape index (κ1) is 12.9. The van der Waals surface area contributed by atoms with Crippen LogP contribution >= 0.6 is 0 Å². The Morgan fingerprint density at radius 2 is 2.07 bits per heavy atom. The average Bonchev–Trinajstić information content (AvgIpc) is 2.16. The fraction of sp³-hybridized carbons (Fsp3) is 0.455. The molecule has 0 unspecified atom stereocenters. The lowest BCUT2D eigenvalue weighted by molar-refractivity contribution is 0.149. The SMILES string of the molecule is C=C(F)/C=C\C(=C/C)OCCCOC. The van der Waals surface area contributed by atoms with Gasteiger partial charge in [-0.3, -0.25) is 0 Å². The molecule has 0 N–H and O–H groups in total. The molecule has 0 aliphatic carbocycles. The molecule has 0 aliphatic rings. The second kappa shape index (κ2) is 8.51. The lowest BCUT2D eigenvalue weighted by Gasteiger charge is -2.05. The van der Waals surface area contributed by atoms with Gasteiger partial charge in [0, 0.05) is 20.1 Å². The fourth-order valence-electron chi connectivity index (χ4n) is 0.794. The Morgan fingerprint density at radius 1 is 1.36 bits per heavy atom. The van der Waals surface area contributed by atoms with Crippen molar-refractivity contribution < 1.29 is 13.9 Å². The van der Waals surface area contributed by atoms with Gasteiger partial charge in [-0.05, 0) is 25.2 Å². The van der Waals surface area contributed by atoms with Crippen LogP contribution in [0.15, 0.2) is 36.4 Å². The number of methoxy groups -OCH3 is 1. The number of hydrogen-bond acceptors (Lipinski definition) is 2. The molecule has 0 aromatic carbocycles. The highest BCUT2D eigenvalue weighted by Crippen LogP contribution is 2.03. The van der Waals surface area contributed by atoms with Crippen molar-refractivity contribution in [2.45, 2.75) is 13.3 Å². The van der Waals surface area contributed by atoms with Crippen LogP contribution in [0.25, 0.3) is 0 Å². The molecule has 14 heavy (non-hydrogen) atoms. The first-order valence-corrected chi connectivity index (χ1v) is 4.51. The molecule has 0 aromatic heterocycles. The van der Waals surface area contributed by atoms with Crippen LogP contribution in [0.2, 0.25) is 0 Å². The summed E-state index contributed by atoms with van der Waals surface area (Å²) in [7, 11) is 1.64. The summed E-state index contributed by atoms with van der Waals surface area (Å²) in [5.41, 5.74) is 0. The van der Waals surface area contributed by atoms with Gasteiger partial charge in [0.2, 0.25) is 0 Å². The van der Waals surface area contributed by atoms with E-state index in [1.54, 1.807) is 19.3 Å². The molecule has 3 heteroatoms. The van der Waals surface area contributed by atoms with Gasteiger partial charge in [0.1, 0.15) is 11.6 Å². The summed E-state index contributed by atoms with van der Waals surface area (Å²) in [5.74, 6) is 0.157. The molecule has 0 rings (SSSR count). The minimum Gasteiger partial charge on any atom is -0.494 e. The van der Waals surface area contributed by atoms with Crippen LogP contribution in [0.5, 0.6) is 0 Å². The first-order chi connectivity index (χ1) is 6.70. The Kier molecular flexibility index (Phi) is 7.84. The zero-order valence-corrected chi connectivity index (χ0v) is 8.75. The molecule has 0 atom stereocenters. The number of halogens is 1. The summed E-state index contributed by atoms with van der Waals surface area (Å²) in [4.78, 5) is 0. The van der Waals surface area contributed by atoms with Crippen molar-refractivity contribution in [1.29, 1.82) is 0 Å². The predicted octanol–water partition coefficient (Wildman–Crippen LogP) is 2.98. The molecular weight excluding hydrogens is 183 g/mol. The van der Waals surface area contributed by atoms with E-state index in [9.17, 15) is 4.39 Å². The number of allylic oxidation sites excluding steroid dienone is 4. The van der Waals surface area contributed by atoms with Gasteiger partial charge in [0.05, 0.1) is 6.61 Å². The summed E-state index contributed by atoms with van der Waals surface area (Å²) < 4.78 is 22.5. The highest BCUT2D eigenvalue weighted by atomic mass is 19.1. The second-order valence-corrected chi connectivity index (χ2v) is 2.67. The first-order valence-electron chi connectivity index (χ1n) is 4.51. The Morgan fingerprint density at radius 3 is 2.57 bits per heavy atom. The van der Waals surface area contributed by atoms with Gasteiger partial charge in [0.25, 0.3) is 0 Å². The average molecular weight is 200 g/mol. The number of ether oxygens (including phenoxy) is 2. The van der Waals surface area contributed by atoms with E-state index >= 15 is 0 Å². The van der Waals surface area contributed by atoms with E-state index in [-0.39, 0.29) is 0 Å². The molecule has 0 heterocycles. The third-order valence-corrected chi connectivity index (χ3v) is 1.47. The molecular formula is C11H17FO2. The van der Waals surface area contributed by atoms with E-state index in [0.717, 1.165) is 6.42 Å². The van der Waals surface area contributed by atoms with Crippen LogP contribution in [0.4, 0.5) is 4.39 Å². The molecule has 2 nitrogen and oxygen atoms in total. The summed E-state index contributed by atoms with van der Waals surface area (Å²) >= 11 is 0. The molecule has 0 saturated heterocycles. The van der Waals surface area contributed by atoms with E-state index in [0.29, 0.717) is 19.0 Å². The molecule has 80 valence electrons. The van der Waals surface area contributed by atoms with E-state index in [1.807, 2.05) is 6.92 Å². The van der Waals surface area contributed by atoms with Crippen molar-refractivity contribution in [3.05, 3.63) is 36.4 Å². The molecule has 0 amide bonds. The van der Waals surface area contributed by atoms with Crippen molar-refractivity contribution in [2.24, 2.45) is 0 Å².